The molecular formula is C32H6F12N6. The maximum absolute atomic E-state index is 13.8. The fourth-order valence-corrected chi connectivity index (χ4v) is 5.27. The van der Waals surface area contributed by atoms with E-state index in [2.05, 4.69) is 0 Å². The van der Waals surface area contributed by atoms with Gasteiger partial charge in [-0.25, -0.2) is 0 Å². The molecule has 0 saturated carbocycles. The van der Waals surface area contributed by atoms with Gasteiger partial charge in [-0.05, 0) is 47.5 Å². The average molecular weight is 702 g/mol. The Bertz CT molecular complexity index is 2050. The molecule has 0 atom stereocenters. The largest absolute Gasteiger partial charge is 0.416 e. The Kier molecular flexibility index (Phi) is 8.69. The normalized spacial score (nSPS) is 14.8. The highest BCUT2D eigenvalue weighted by Crippen LogP contribution is 2.58. The van der Waals surface area contributed by atoms with Gasteiger partial charge in [0.25, 0.3) is 0 Å². The van der Waals surface area contributed by atoms with Gasteiger partial charge in [0.05, 0.1) is 33.4 Å². The van der Waals surface area contributed by atoms with Crippen LogP contribution in [0.5, 0.6) is 0 Å². The van der Waals surface area contributed by atoms with E-state index in [4.69, 9.17) is 0 Å². The molecule has 2 aromatic carbocycles. The van der Waals surface area contributed by atoms with E-state index in [1.165, 1.54) is 36.4 Å². The van der Waals surface area contributed by atoms with Crippen LogP contribution in [-0.2, 0) is 24.7 Å². The molecule has 0 bridgehead atoms. The van der Waals surface area contributed by atoms with E-state index < -0.39 is 114 Å². The lowest BCUT2D eigenvalue weighted by molar-refractivity contribution is -0.144. The summed E-state index contributed by atoms with van der Waals surface area (Å²) in [5, 5.41) is 59.6. The van der Waals surface area contributed by atoms with Gasteiger partial charge in [-0.3, -0.25) is 0 Å². The van der Waals surface area contributed by atoms with Crippen molar-refractivity contribution in [2.24, 2.45) is 0 Å². The summed E-state index contributed by atoms with van der Waals surface area (Å²) >= 11 is 0. The van der Waals surface area contributed by atoms with Crippen LogP contribution < -0.4 is 0 Å². The van der Waals surface area contributed by atoms with Crippen molar-refractivity contribution in [3.05, 3.63) is 114 Å². The minimum atomic E-state index is -5.47. The molecule has 0 spiro atoms. The number of hydrogen-bond acceptors (Lipinski definition) is 6. The molecule has 0 amide bonds. The van der Waals surface area contributed by atoms with Crippen molar-refractivity contribution in [1.82, 2.24) is 0 Å². The summed E-state index contributed by atoms with van der Waals surface area (Å²) in [4.78, 5) is 0. The molecule has 4 rings (SSSR count). The van der Waals surface area contributed by atoms with Crippen LogP contribution >= 0.6 is 0 Å². The lowest BCUT2D eigenvalue weighted by Crippen LogP contribution is -2.13. The standard InChI is InChI=1S/C32H6F12N6/c33-29(34,35)17-1-13(2-18(5-17)30(36,37)38)23-21(11-49)27-26(16(9-47)10-48)24(22(12-50)28(27)25(23)15(7-45)8-46)14-3-19(31(39,40)41)6-20(4-14)32(42,43)44/h1-6H. The lowest BCUT2D eigenvalue weighted by Gasteiger charge is -2.19. The van der Waals surface area contributed by atoms with Crippen LogP contribution in [0.4, 0.5) is 52.7 Å². The summed E-state index contributed by atoms with van der Waals surface area (Å²) in [7, 11) is 0. The number of rotatable bonds is 2. The van der Waals surface area contributed by atoms with E-state index in [1.54, 1.807) is 0 Å². The molecule has 18 heteroatoms. The van der Waals surface area contributed by atoms with Crippen molar-refractivity contribution in [2.75, 3.05) is 0 Å². The maximum atomic E-state index is 13.8. The monoisotopic (exact) mass is 702 g/mol. The zero-order valence-corrected chi connectivity index (χ0v) is 23.7. The predicted molar refractivity (Wildman–Crippen MR) is 141 cm³/mol. The minimum Gasteiger partial charge on any atom is -0.192 e. The van der Waals surface area contributed by atoms with Crippen molar-refractivity contribution < 1.29 is 52.7 Å². The molecular weight excluding hydrogens is 696 g/mol. The summed E-state index contributed by atoms with van der Waals surface area (Å²) in [5.41, 5.74) is -20.4. The van der Waals surface area contributed by atoms with Gasteiger partial charge < -0.3 is 0 Å². The van der Waals surface area contributed by atoms with Crippen molar-refractivity contribution in [3.63, 3.8) is 0 Å². The molecule has 0 radical (unpaired) electrons. The third-order valence-electron chi connectivity index (χ3n) is 7.17. The van der Waals surface area contributed by atoms with Gasteiger partial charge in [-0.1, -0.05) is 0 Å². The average Bonchev–Trinajstić information content (AvgIpc) is 3.53. The molecule has 248 valence electrons. The first-order valence-electron chi connectivity index (χ1n) is 12.8. The Labute approximate surface area is 271 Å². The number of nitriles is 6. The molecule has 0 aliphatic heterocycles. The Morgan fingerprint density at radius 3 is 0.800 bits per heavy atom. The third-order valence-corrected chi connectivity index (χ3v) is 7.17. The smallest absolute Gasteiger partial charge is 0.192 e. The number of halogens is 12. The van der Waals surface area contributed by atoms with Crippen LogP contribution in [-0.4, -0.2) is 0 Å². The van der Waals surface area contributed by atoms with Crippen molar-refractivity contribution in [3.8, 4) is 36.4 Å². The summed E-state index contributed by atoms with van der Waals surface area (Å²) in [6.45, 7) is 0. The summed E-state index contributed by atoms with van der Waals surface area (Å²) in [6.07, 6.45) is -21.9. The fourth-order valence-electron chi connectivity index (χ4n) is 5.27. The maximum Gasteiger partial charge on any atom is 0.416 e. The van der Waals surface area contributed by atoms with E-state index in [0.29, 0.717) is 0 Å². The van der Waals surface area contributed by atoms with Gasteiger partial charge in [0.1, 0.15) is 47.6 Å². The molecule has 0 saturated heterocycles. The molecule has 0 heterocycles. The van der Waals surface area contributed by atoms with Crippen LogP contribution in [0.2, 0.25) is 0 Å². The van der Waals surface area contributed by atoms with Crippen molar-refractivity contribution in [1.29, 1.82) is 31.6 Å². The van der Waals surface area contributed by atoms with Gasteiger partial charge in [0.2, 0.25) is 0 Å². The zero-order chi connectivity index (χ0) is 37.7. The van der Waals surface area contributed by atoms with E-state index in [0.717, 1.165) is 0 Å². The Hall–Kier alpha value is -6.76. The van der Waals surface area contributed by atoms with Gasteiger partial charge in [0.15, 0.2) is 0 Å². The molecule has 2 aromatic rings. The van der Waals surface area contributed by atoms with Gasteiger partial charge in [-0.2, -0.15) is 84.3 Å². The summed E-state index contributed by atoms with van der Waals surface area (Å²) in [5.74, 6) is 0. The van der Waals surface area contributed by atoms with Crippen molar-refractivity contribution >= 4 is 11.1 Å². The van der Waals surface area contributed by atoms with Crippen LogP contribution in [0.3, 0.4) is 0 Å². The fraction of sp³-hybridized carbons (Fsp3) is 0.125. The quantitative estimate of drug-likeness (QED) is 0.226. The van der Waals surface area contributed by atoms with E-state index >= 15 is 0 Å². The van der Waals surface area contributed by atoms with E-state index in [1.807, 2.05) is 0 Å². The second-order valence-corrected chi connectivity index (χ2v) is 10.0. The number of allylic oxidation sites excluding steroid dienone is 10. The first-order valence-corrected chi connectivity index (χ1v) is 12.8. The topological polar surface area (TPSA) is 143 Å². The molecule has 0 fully saturated rings. The molecule has 0 N–H and O–H groups in total. The predicted octanol–water partition coefficient (Wildman–Crippen LogP) is 9.03. The Balaban J connectivity index is 2.30. The second kappa shape index (κ2) is 12.0. The van der Waals surface area contributed by atoms with Crippen LogP contribution in [0.1, 0.15) is 33.4 Å². The molecule has 0 aromatic heterocycles. The molecule has 2 aliphatic carbocycles. The molecule has 50 heavy (non-hydrogen) atoms. The third kappa shape index (κ3) is 6.03. The zero-order valence-electron chi connectivity index (χ0n) is 23.7. The summed E-state index contributed by atoms with van der Waals surface area (Å²) < 4.78 is 166. The first kappa shape index (κ1) is 36.1. The number of nitrogens with zero attached hydrogens (tertiary/aromatic N) is 6. The van der Waals surface area contributed by atoms with Crippen molar-refractivity contribution in [2.45, 2.75) is 24.7 Å². The second-order valence-electron chi connectivity index (χ2n) is 10.0. The lowest BCUT2D eigenvalue weighted by atomic mass is 9.83. The van der Waals surface area contributed by atoms with E-state index in [9.17, 15) is 84.3 Å². The van der Waals surface area contributed by atoms with E-state index in [-0.39, 0.29) is 36.4 Å². The molecule has 2 aliphatic rings. The van der Waals surface area contributed by atoms with Crippen LogP contribution in [0.25, 0.3) is 11.1 Å². The number of alkyl halides is 12. The minimum absolute atomic E-state index is 0.0917. The first-order chi connectivity index (χ1) is 23.1. The number of hydrogen-bond donors (Lipinski definition) is 0. The molecule has 6 nitrogen and oxygen atoms in total. The molecule has 0 unspecified atom stereocenters. The highest BCUT2D eigenvalue weighted by atomic mass is 19.4. The highest BCUT2D eigenvalue weighted by Gasteiger charge is 2.47. The van der Waals surface area contributed by atoms with Gasteiger partial charge in [-0.15, -0.1) is 0 Å². The highest BCUT2D eigenvalue weighted by molar-refractivity contribution is 6.11. The SMILES string of the molecule is N#CC(C#N)=C1C2=C(C(C#N)=C1c1cc(C(F)(F)F)cc(C(F)(F)F)c1)C(=C(C#N)C#N)C(c1cc(C(F)(F)F)cc(C(F)(F)F)c1)=C2C#N. The van der Waals surface area contributed by atoms with Crippen LogP contribution in [0.15, 0.2) is 81.0 Å². The Morgan fingerprint density at radius 1 is 0.380 bits per heavy atom. The Morgan fingerprint density at radius 2 is 0.620 bits per heavy atom. The van der Waals surface area contributed by atoms with Gasteiger partial charge >= 0.3 is 24.7 Å². The summed E-state index contributed by atoms with van der Waals surface area (Å²) in [6, 6.07) is 7.75. The van der Waals surface area contributed by atoms with Crippen LogP contribution in [0, 0.1) is 68.0 Å². The van der Waals surface area contributed by atoms with Gasteiger partial charge in [0, 0.05) is 33.4 Å². The number of benzene rings is 2.